The van der Waals surface area contributed by atoms with Crippen LogP contribution in [-0.2, 0) is 10.0 Å². The van der Waals surface area contributed by atoms with E-state index in [0.717, 1.165) is 12.1 Å². The van der Waals surface area contributed by atoms with E-state index in [2.05, 4.69) is 4.72 Å². The van der Waals surface area contributed by atoms with Gasteiger partial charge in [0.25, 0.3) is 5.69 Å². The Hall–Kier alpha value is -1.58. The van der Waals surface area contributed by atoms with E-state index in [1.807, 2.05) is 0 Å². The SMILES string of the molecule is CCC(C)(CO)NS(=O)(=O)c1ccc([N+](=O)[O-])cc1F. The monoisotopic (exact) mass is 306 g/mol. The van der Waals surface area contributed by atoms with Gasteiger partial charge in [-0.2, -0.15) is 0 Å². The number of nitro groups is 1. The molecule has 9 heteroatoms. The molecule has 1 aromatic rings. The molecule has 0 spiro atoms. The van der Waals surface area contributed by atoms with Crippen molar-refractivity contribution in [1.29, 1.82) is 0 Å². The molecule has 0 radical (unpaired) electrons. The summed E-state index contributed by atoms with van der Waals surface area (Å²) in [5, 5.41) is 19.6. The third-order valence-corrected chi connectivity index (χ3v) is 4.60. The molecule has 0 aliphatic rings. The van der Waals surface area contributed by atoms with Gasteiger partial charge in [-0.05, 0) is 19.4 Å². The Kier molecular flexibility index (Phi) is 4.79. The molecule has 7 nitrogen and oxygen atoms in total. The zero-order chi connectivity index (χ0) is 15.6. The summed E-state index contributed by atoms with van der Waals surface area (Å²) in [5.41, 5.74) is -1.67. The molecule has 1 atom stereocenters. The second-order valence-electron chi connectivity index (χ2n) is 4.55. The number of nitrogens with one attached hydrogen (secondary N) is 1. The number of nitro benzene ring substituents is 1. The normalized spacial score (nSPS) is 14.8. The van der Waals surface area contributed by atoms with Gasteiger partial charge in [-0.3, -0.25) is 10.1 Å². The Morgan fingerprint density at radius 2 is 2.10 bits per heavy atom. The number of non-ortho nitro benzene ring substituents is 1. The lowest BCUT2D eigenvalue weighted by molar-refractivity contribution is -0.385. The zero-order valence-corrected chi connectivity index (χ0v) is 11.8. The minimum absolute atomic E-state index is 0.289. The van der Waals surface area contributed by atoms with E-state index in [1.54, 1.807) is 6.92 Å². The first-order valence-corrected chi connectivity index (χ1v) is 7.22. The molecule has 112 valence electrons. The molecular weight excluding hydrogens is 291 g/mol. The maximum Gasteiger partial charge on any atom is 0.272 e. The van der Waals surface area contributed by atoms with Crippen molar-refractivity contribution in [3.63, 3.8) is 0 Å². The number of sulfonamides is 1. The predicted molar refractivity (Wildman–Crippen MR) is 69.2 cm³/mol. The van der Waals surface area contributed by atoms with Crippen LogP contribution in [0.2, 0.25) is 0 Å². The summed E-state index contributed by atoms with van der Waals surface area (Å²) in [6.07, 6.45) is 0.289. The molecule has 1 rings (SSSR count). The number of benzene rings is 1. The van der Waals surface area contributed by atoms with Crippen LogP contribution in [0.1, 0.15) is 20.3 Å². The fraction of sp³-hybridized carbons (Fsp3) is 0.455. The second-order valence-corrected chi connectivity index (χ2v) is 6.20. The topological polar surface area (TPSA) is 110 Å². The van der Waals surface area contributed by atoms with Crippen molar-refractivity contribution in [2.24, 2.45) is 0 Å². The van der Waals surface area contributed by atoms with Crippen LogP contribution in [0.15, 0.2) is 23.1 Å². The van der Waals surface area contributed by atoms with Crippen LogP contribution in [0, 0.1) is 15.9 Å². The van der Waals surface area contributed by atoms with Gasteiger partial charge in [0.1, 0.15) is 10.7 Å². The van der Waals surface area contributed by atoms with E-state index in [0.29, 0.717) is 6.07 Å². The van der Waals surface area contributed by atoms with E-state index in [1.165, 1.54) is 6.92 Å². The molecule has 0 fully saturated rings. The quantitative estimate of drug-likeness (QED) is 0.605. The van der Waals surface area contributed by atoms with Gasteiger partial charge in [-0.1, -0.05) is 6.92 Å². The maximum atomic E-state index is 13.7. The van der Waals surface area contributed by atoms with E-state index < -0.39 is 43.5 Å². The fourth-order valence-corrected chi connectivity index (χ4v) is 2.95. The highest BCUT2D eigenvalue weighted by Crippen LogP contribution is 2.22. The van der Waals surface area contributed by atoms with Crippen LogP contribution in [0.25, 0.3) is 0 Å². The Labute approximate surface area is 115 Å². The number of aliphatic hydroxyl groups is 1. The van der Waals surface area contributed by atoms with Crippen LogP contribution in [0.5, 0.6) is 0 Å². The van der Waals surface area contributed by atoms with Gasteiger partial charge in [-0.25, -0.2) is 17.5 Å². The van der Waals surface area contributed by atoms with Crippen molar-refractivity contribution < 1.29 is 22.8 Å². The molecule has 1 aromatic carbocycles. The predicted octanol–water partition coefficient (Wildman–Crippen LogP) is 1.17. The summed E-state index contributed by atoms with van der Waals surface area (Å²) >= 11 is 0. The van der Waals surface area contributed by atoms with Crippen LogP contribution < -0.4 is 4.72 Å². The van der Waals surface area contributed by atoms with E-state index in [4.69, 9.17) is 0 Å². The largest absolute Gasteiger partial charge is 0.394 e. The lowest BCUT2D eigenvalue weighted by Gasteiger charge is -2.26. The summed E-state index contributed by atoms with van der Waals surface area (Å²) in [6, 6.07) is 2.26. The average molecular weight is 306 g/mol. The molecule has 2 N–H and O–H groups in total. The minimum Gasteiger partial charge on any atom is -0.394 e. The van der Waals surface area contributed by atoms with Crippen molar-refractivity contribution in [3.05, 3.63) is 34.1 Å². The van der Waals surface area contributed by atoms with Crippen molar-refractivity contribution in [1.82, 2.24) is 4.72 Å². The van der Waals surface area contributed by atoms with E-state index in [-0.39, 0.29) is 6.42 Å². The zero-order valence-electron chi connectivity index (χ0n) is 11.0. The molecule has 0 aliphatic heterocycles. The smallest absolute Gasteiger partial charge is 0.272 e. The molecule has 0 saturated carbocycles. The summed E-state index contributed by atoms with van der Waals surface area (Å²) in [5.74, 6) is -1.22. The molecule has 0 bridgehead atoms. The highest BCUT2D eigenvalue weighted by Gasteiger charge is 2.30. The number of nitrogens with zero attached hydrogens (tertiary/aromatic N) is 1. The standard InChI is InChI=1S/C11H15FN2O5S/c1-3-11(2,7-15)13-20(18,19)10-5-4-8(14(16)17)6-9(10)12/h4-6,13,15H,3,7H2,1-2H3. The van der Waals surface area contributed by atoms with E-state index in [9.17, 15) is 28.0 Å². The van der Waals surface area contributed by atoms with E-state index >= 15 is 0 Å². The van der Waals surface area contributed by atoms with Gasteiger partial charge in [0.15, 0.2) is 0 Å². The number of hydrogen-bond acceptors (Lipinski definition) is 5. The van der Waals surface area contributed by atoms with Crippen LogP contribution >= 0.6 is 0 Å². The Bertz CT molecular complexity index is 613. The summed E-state index contributed by atoms with van der Waals surface area (Å²) < 4.78 is 40.0. The van der Waals surface area contributed by atoms with Gasteiger partial charge >= 0.3 is 0 Å². The third-order valence-electron chi connectivity index (χ3n) is 2.93. The molecule has 0 heterocycles. The van der Waals surface area contributed by atoms with Crippen molar-refractivity contribution in [3.8, 4) is 0 Å². The van der Waals surface area contributed by atoms with Gasteiger partial charge in [0.2, 0.25) is 10.0 Å². The highest BCUT2D eigenvalue weighted by atomic mass is 32.2. The van der Waals surface area contributed by atoms with Crippen LogP contribution in [-0.4, -0.2) is 30.6 Å². The first kappa shape index (κ1) is 16.5. The Balaban J connectivity index is 3.20. The molecule has 0 aromatic heterocycles. The van der Waals surface area contributed by atoms with Crippen LogP contribution in [0.3, 0.4) is 0 Å². The number of aliphatic hydroxyl groups excluding tert-OH is 1. The van der Waals surface area contributed by atoms with Gasteiger partial charge < -0.3 is 5.11 Å². The summed E-state index contributed by atoms with van der Waals surface area (Å²) in [7, 11) is -4.22. The van der Waals surface area contributed by atoms with Crippen molar-refractivity contribution in [2.75, 3.05) is 6.61 Å². The number of halogens is 1. The first-order valence-electron chi connectivity index (χ1n) is 5.74. The molecule has 1 unspecified atom stereocenters. The van der Waals surface area contributed by atoms with Gasteiger partial charge in [0, 0.05) is 6.07 Å². The Morgan fingerprint density at radius 1 is 1.50 bits per heavy atom. The second kappa shape index (κ2) is 5.81. The maximum absolute atomic E-state index is 13.7. The fourth-order valence-electron chi connectivity index (χ4n) is 1.42. The van der Waals surface area contributed by atoms with Crippen molar-refractivity contribution in [2.45, 2.75) is 30.7 Å². The average Bonchev–Trinajstić information content (AvgIpc) is 2.37. The lowest BCUT2D eigenvalue weighted by atomic mass is 10.0. The first-order chi connectivity index (χ1) is 9.15. The Morgan fingerprint density at radius 3 is 2.50 bits per heavy atom. The number of hydrogen-bond donors (Lipinski definition) is 2. The molecular formula is C11H15FN2O5S. The highest BCUT2D eigenvalue weighted by molar-refractivity contribution is 7.89. The molecule has 0 amide bonds. The van der Waals surface area contributed by atoms with Gasteiger partial charge in [-0.15, -0.1) is 0 Å². The minimum atomic E-state index is -4.22. The molecule has 0 saturated heterocycles. The number of rotatable bonds is 6. The lowest BCUT2D eigenvalue weighted by Crippen LogP contribution is -2.48. The summed E-state index contributed by atoms with van der Waals surface area (Å²) in [4.78, 5) is 8.96. The summed E-state index contributed by atoms with van der Waals surface area (Å²) in [6.45, 7) is 2.66. The molecule has 20 heavy (non-hydrogen) atoms. The molecule has 0 aliphatic carbocycles. The van der Waals surface area contributed by atoms with Gasteiger partial charge in [0.05, 0.1) is 23.1 Å². The van der Waals surface area contributed by atoms with Crippen molar-refractivity contribution >= 4 is 15.7 Å². The van der Waals surface area contributed by atoms with Crippen LogP contribution in [0.4, 0.5) is 10.1 Å². The third kappa shape index (κ3) is 3.50.